The lowest BCUT2D eigenvalue weighted by Crippen LogP contribution is -2.21. The Bertz CT molecular complexity index is 1240. The van der Waals surface area contributed by atoms with E-state index in [0.29, 0.717) is 29.4 Å². The Labute approximate surface area is 194 Å². The van der Waals surface area contributed by atoms with Gasteiger partial charge in [0.25, 0.3) is 15.9 Å². The van der Waals surface area contributed by atoms with Gasteiger partial charge in [-0.05, 0) is 92.9 Å². The summed E-state index contributed by atoms with van der Waals surface area (Å²) < 4.78 is 39.1. The number of hydrogen-bond acceptors (Lipinski definition) is 5. The summed E-state index contributed by atoms with van der Waals surface area (Å²) in [5.41, 5.74) is 3.85. The minimum Gasteiger partial charge on any atom is -0.494 e. The summed E-state index contributed by atoms with van der Waals surface area (Å²) in [7, 11) is -3.78. The molecule has 0 saturated heterocycles. The fraction of sp³-hybridized carbons (Fsp3) is 0.240. The molecule has 0 radical (unpaired) electrons. The van der Waals surface area contributed by atoms with Crippen molar-refractivity contribution in [3.63, 3.8) is 0 Å². The molecule has 3 rings (SSSR count). The SMILES string of the molecule is CCOc1ccc(NS(=O)(=O)c2ccc(OCC(=O)Nc3cccc(C)c3C)c(C)c2)cc1. The third-order valence-corrected chi connectivity index (χ3v) is 6.49. The van der Waals surface area contributed by atoms with Crippen molar-refractivity contribution in [2.24, 2.45) is 0 Å². The maximum absolute atomic E-state index is 12.8. The molecule has 0 fully saturated rings. The average molecular weight is 469 g/mol. The van der Waals surface area contributed by atoms with Gasteiger partial charge in [-0.2, -0.15) is 0 Å². The molecule has 174 valence electrons. The highest BCUT2D eigenvalue weighted by Gasteiger charge is 2.16. The van der Waals surface area contributed by atoms with Crippen molar-refractivity contribution in [3.8, 4) is 11.5 Å². The summed E-state index contributed by atoms with van der Waals surface area (Å²) in [6.07, 6.45) is 0. The zero-order chi connectivity index (χ0) is 24.0. The van der Waals surface area contributed by atoms with Crippen LogP contribution in [-0.2, 0) is 14.8 Å². The zero-order valence-electron chi connectivity index (χ0n) is 19.1. The van der Waals surface area contributed by atoms with Gasteiger partial charge in [0, 0.05) is 11.4 Å². The molecule has 0 spiro atoms. The van der Waals surface area contributed by atoms with Crippen LogP contribution in [0, 0.1) is 20.8 Å². The van der Waals surface area contributed by atoms with Crippen LogP contribution in [0.5, 0.6) is 11.5 Å². The summed E-state index contributed by atoms with van der Waals surface area (Å²) in [5, 5.41) is 2.84. The minimum atomic E-state index is -3.78. The number of nitrogens with one attached hydrogen (secondary N) is 2. The quantitative estimate of drug-likeness (QED) is 0.469. The number of carbonyl (C=O) groups is 1. The predicted octanol–water partition coefficient (Wildman–Crippen LogP) is 4.83. The van der Waals surface area contributed by atoms with E-state index >= 15 is 0 Å². The molecule has 1 amide bonds. The molecule has 2 N–H and O–H groups in total. The molecule has 0 saturated carbocycles. The van der Waals surface area contributed by atoms with Crippen molar-refractivity contribution in [1.82, 2.24) is 0 Å². The van der Waals surface area contributed by atoms with Gasteiger partial charge in [-0.3, -0.25) is 9.52 Å². The first-order chi connectivity index (χ1) is 15.7. The number of benzene rings is 3. The lowest BCUT2D eigenvalue weighted by Gasteiger charge is -2.13. The molecule has 0 aliphatic carbocycles. The first-order valence-corrected chi connectivity index (χ1v) is 12.0. The fourth-order valence-corrected chi connectivity index (χ4v) is 4.31. The Morgan fingerprint density at radius 1 is 0.909 bits per heavy atom. The van der Waals surface area contributed by atoms with Gasteiger partial charge in [-0.25, -0.2) is 8.42 Å². The van der Waals surface area contributed by atoms with E-state index in [1.54, 1.807) is 37.3 Å². The molecule has 0 bridgehead atoms. The molecule has 0 atom stereocenters. The van der Waals surface area contributed by atoms with Crippen LogP contribution in [-0.4, -0.2) is 27.5 Å². The van der Waals surface area contributed by atoms with Crippen molar-refractivity contribution in [1.29, 1.82) is 0 Å². The number of anilines is 2. The Balaban J connectivity index is 1.63. The highest BCUT2D eigenvalue weighted by Crippen LogP contribution is 2.25. The third-order valence-electron chi connectivity index (χ3n) is 5.11. The maximum atomic E-state index is 12.8. The molecule has 3 aromatic rings. The molecule has 0 aliphatic heterocycles. The number of carbonyl (C=O) groups excluding carboxylic acids is 1. The first-order valence-electron chi connectivity index (χ1n) is 10.5. The van der Waals surface area contributed by atoms with E-state index in [1.807, 2.05) is 39.0 Å². The van der Waals surface area contributed by atoms with E-state index < -0.39 is 10.0 Å². The molecule has 0 aromatic heterocycles. The summed E-state index contributed by atoms with van der Waals surface area (Å²) in [4.78, 5) is 12.4. The molecule has 33 heavy (non-hydrogen) atoms. The number of rotatable bonds is 9. The van der Waals surface area contributed by atoms with E-state index in [4.69, 9.17) is 9.47 Å². The van der Waals surface area contributed by atoms with E-state index in [9.17, 15) is 13.2 Å². The molecule has 8 heteroatoms. The zero-order valence-corrected chi connectivity index (χ0v) is 20.0. The number of aryl methyl sites for hydroxylation is 2. The number of hydrogen-bond donors (Lipinski definition) is 2. The number of ether oxygens (including phenoxy) is 2. The summed E-state index contributed by atoms with van der Waals surface area (Å²) >= 11 is 0. The third kappa shape index (κ3) is 6.26. The minimum absolute atomic E-state index is 0.0982. The van der Waals surface area contributed by atoms with E-state index in [1.165, 1.54) is 12.1 Å². The molecule has 0 aliphatic rings. The van der Waals surface area contributed by atoms with Crippen LogP contribution in [0.1, 0.15) is 23.6 Å². The first kappa shape index (κ1) is 24.1. The lowest BCUT2D eigenvalue weighted by molar-refractivity contribution is -0.118. The molecule has 0 heterocycles. The lowest BCUT2D eigenvalue weighted by atomic mass is 10.1. The van der Waals surface area contributed by atoms with E-state index in [2.05, 4.69) is 10.0 Å². The Kier molecular flexibility index (Phi) is 7.60. The van der Waals surface area contributed by atoms with Gasteiger partial charge in [-0.1, -0.05) is 12.1 Å². The predicted molar refractivity (Wildman–Crippen MR) is 130 cm³/mol. The Morgan fingerprint density at radius 2 is 1.64 bits per heavy atom. The molecular formula is C25H28N2O5S. The second kappa shape index (κ2) is 10.4. The van der Waals surface area contributed by atoms with Crippen LogP contribution in [0.2, 0.25) is 0 Å². The maximum Gasteiger partial charge on any atom is 0.262 e. The van der Waals surface area contributed by atoms with Crippen LogP contribution < -0.4 is 19.5 Å². The van der Waals surface area contributed by atoms with Gasteiger partial charge in [0.2, 0.25) is 0 Å². The number of sulfonamides is 1. The molecular weight excluding hydrogens is 440 g/mol. The van der Waals surface area contributed by atoms with E-state index in [-0.39, 0.29) is 17.4 Å². The van der Waals surface area contributed by atoms with Gasteiger partial charge < -0.3 is 14.8 Å². The summed E-state index contributed by atoms with van der Waals surface area (Å²) in [6, 6.07) is 16.9. The molecule has 3 aromatic carbocycles. The smallest absolute Gasteiger partial charge is 0.262 e. The second-order valence-electron chi connectivity index (χ2n) is 7.57. The monoisotopic (exact) mass is 468 g/mol. The van der Waals surface area contributed by atoms with Gasteiger partial charge >= 0.3 is 0 Å². The van der Waals surface area contributed by atoms with Crippen LogP contribution in [0.4, 0.5) is 11.4 Å². The van der Waals surface area contributed by atoms with Crippen molar-refractivity contribution in [2.45, 2.75) is 32.6 Å². The van der Waals surface area contributed by atoms with Crippen LogP contribution in [0.15, 0.2) is 65.6 Å². The largest absolute Gasteiger partial charge is 0.494 e. The molecule has 0 unspecified atom stereocenters. The summed E-state index contributed by atoms with van der Waals surface area (Å²) in [6.45, 7) is 7.87. The van der Waals surface area contributed by atoms with Gasteiger partial charge in [0.05, 0.1) is 11.5 Å². The second-order valence-corrected chi connectivity index (χ2v) is 9.26. The Hall–Kier alpha value is -3.52. The standard InChI is InChI=1S/C25H28N2O5S/c1-5-31-21-11-9-20(10-12-21)27-33(29,30)22-13-14-24(18(3)15-22)32-16-25(28)26-23-8-6-7-17(2)19(23)4/h6-15,27H,5,16H2,1-4H3,(H,26,28). The highest BCUT2D eigenvalue weighted by molar-refractivity contribution is 7.92. The van der Waals surface area contributed by atoms with E-state index in [0.717, 1.165) is 16.8 Å². The highest BCUT2D eigenvalue weighted by atomic mass is 32.2. The van der Waals surface area contributed by atoms with Crippen molar-refractivity contribution in [3.05, 3.63) is 77.4 Å². The fourth-order valence-electron chi connectivity index (χ4n) is 3.17. The van der Waals surface area contributed by atoms with Gasteiger partial charge in [-0.15, -0.1) is 0 Å². The van der Waals surface area contributed by atoms with Crippen molar-refractivity contribution in [2.75, 3.05) is 23.3 Å². The van der Waals surface area contributed by atoms with Gasteiger partial charge in [0.1, 0.15) is 11.5 Å². The van der Waals surface area contributed by atoms with Crippen molar-refractivity contribution < 1.29 is 22.7 Å². The molecule has 7 nitrogen and oxygen atoms in total. The Morgan fingerprint density at radius 3 is 2.30 bits per heavy atom. The normalized spacial score (nSPS) is 11.0. The average Bonchev–Trinajstić information content (AvgIpc) is 2.77. The summed E-state index contributed by atoms with van der Waals surface area (Å²) in [5.74, 6) is 0.808. The van der Waals surface area contributed by atoms with Gasteiger partial charge in [0.15, 0.2) is 6.61 Å². The van der Waals surface area contributed by atoms with Crippen LogP contribution in [0.25, 0.3) is 0 Å². The number of amides is 1. The van der Waals surface area contributed by atoms with Crippen molar-refractivity contribution >= 4 is 27.3 Å². The van der Waals surface area contributed by atoms with Crippen LogP contribution in [0.3, 0.4) is 0 Å². The van der Waals surface area contributed by atoms with Crippen LogP contribution >= 0.6 is 0 Å². The topological polar surface area (TPSA) is 93.7 Å².